The van der Waals surface area contributed by atoms with Crippen molar-refractivity contribution in [3.05, 3.63) is 126 Å². The van der Waals surface area contributed by atoms with Gasteiger partial charge in [0.25, 0.3) is 11.8 Å². The number of aryl methyl sites for hydroxylation is 1. The number of benzene rings is 3. The standard InChI is InChI=1S/C29H27FN4O2/c1-2-21-8-10-23(11-9-21)27(28(35)33-25-14-12-24(30)13-15-25)34(19-16-22-6-4-3-5-7-22)29(36)26-20-31-17-18-32-26/h3-15,17-18,20,27H,2,16,19H2,1H3,(H,33,35). The summed E-state index contributed by atoms with van der Waals surface area (Å²) in [7, 11) is 0. The molecule has 1 unspecified atom stereocenters. The maximum Gasteiger partial charge on any atom is 0.275 e. The molecule has 0 aliphatic carbocycles. The van der Waals surface area contributed by atoms with E-state index in [1.807, 2.05) is 54.6 Å². The van der Waals surface area contributed by atoms with Crippen LogP contribution >= 0.6 is 0 Å². The molecule has 182 valence electrons. The van der Waals surface area contributed by atoms with Crippen molar-refractivity contribution < 1.29 is 14.0 Å². The van der Waals surface area contributed by atoms with Crippen LogP contribution in [0.5, 0.6) is 0 Å². The lowest BCUT2D eigenvalue weighted by Gasteiger charge is -2.31. The molecule has 1 atom stereocenters. The van der Waals surface area contributed by atoms with Gasteiger partial charge in [0.1, 0.15) is 17.6 Å². The van der Waals surface area contributed by atoms with Crippen LogP contribution in [-0.4, -0.2) is 33.2 Å². The third kappa shape index (κ3) is 6.18. The Morgan fingerprint density at radius 1 is 0.917 bits per heavy atom. The molecule has 0 spiro atoms. The van der Waals surface area contributed by atoms with Crippen molar-refractivity contribution in [3.63, 3.8) is 0 Å². The second-order valence-electron chi connectivity index (χ2n) is 8.32. The lowest BCUT2D eigenvalue weighted by Crippen LogP contribution is -2.42. The number of nitrogens with one attached hydrogen (secondary N) is 1. The number of rotatable bonds is 9. The van der Waals surface area contributed by atoms with Gasteiger partial charge in [-0.05, 0) is 53.8 Å². The van der Waals surface area contributed by atoms with E-state index in [2.05, 4.69) is 22.2 Å². The molecule has 1 aromatic heterocycles. The molecule has 1 N–H and O–H groups in total. The van der Waals surface area contributed by atoms with Gasteiger partial charge in [0.2, 0.25) is 0 Å². The van der Waals surface area contributed by atoms with Crippen molar-refractivity contribution in [2.24, 2.45) is 0 Å². The number of hydrogen-bond acceptors (Lipinski definition) is 4. The van der Waals surface area contributed by atoms with Crippen LogP contribution < -0.4 is 5.32 Å². The minimum Gasteiger partial charge on any atom is -0.324 e. The zero-order valence-corrected chi connectivity index (χ0v) is 20.0. The minimum absolute atomic E-state index is 0.148. The molecule has 0 radical (unpaired) electrons. The third-order valence-corrected chi connectivity index (χ3v) is 5.90. The first-order chi connectivity index (χ1) is 17.5. The van der Waals surface area contributed by atoms with E-state index < -0.39 is 23.7 Å². The molecule has 0 fully saturated rings. The van der Waals surface area contributed by atoms with Crippen molar-refractivity contribution in [1.82, 2.24) is 14.9 Å². The molecule has 0 saturated carbocycles. The van der Waals surface area contributed by atoms with Gasteiger partial charge >= 0.3 is 0 Å². The highest BCUT2D eigenvalue weighted by Gasteiger charge is 2.32. The van der Waals surface area contributed by atoms with E-state index in [0.717, 1.165) is 17.5 Å². The van der Waals surface area contributed by atoms with E-state index in [1.54, 1.807) is 0 Å². The van der Waals surface area contributed by atoms with Crippen molar-refractivity contribution in [1.29, 1.82) is 0 Å². The molecule has 7 heteroatoms. The van der Waals surface area contributed by atoms with E-state index in [0.29, 0.717) is 17.7 Å². The first-order valence-electron chi connectivity index (χ1n) is 11.8. The maximum absolute atomic E-state index is 13.7. The lowest BCUT2D eigenvalue weighted by atomic mass is 10.00. The highest BCUT2D eigenvalue weighted by molar-refractivity contribution is 6.00. The molecule has 0 saturated heterocycles. The monoisotopic (exact) mass is 482 g/mol. The van der Waals surface area contributed by atoms with Gasteiger partial charge in [-0.3, -0.25) is 14.6 Å². The SMILES string of the molecule is CCc1ccc(C(C(=O)Nc2ccc(F)cc2)N(CCc2ccccc2)C(=O)c2cnccn2)cc1. The second kappa shape index (κ2) is 11.8. The molecule has 4 aromatic rings. The fourth-order valence-corrected chi connectivity index (χ4v) is 3.95. The average Bonchev–Trinajstić information content (AvgIpc) is 2.93. The number of carbonyl (C=O) groups excluding carboxylic acids is 2. The van der Waals surface area contributed by atoms with Crippen LogP contribution in [0.4, 0.5) is 10.1 Å². The van der Waals surface area contributed by atoms with Crippen LogP contribution in [0.15, 0.2) is 97.5 Å². The summed E-state index contributed by atoms with van der Waals surface area (Å²) < 4.78 is 13.4. The molecule has 36 heavy (non-hydrogen) atoms. The number of nitrogens with zero attached hydrogens (tertiary/aromatic N) is 3. The predicted octanol–water partition coefficient (Wildman–Crippen LogP) is 5.24. The van der Waals surface area contributed by atoms with Crippen LogP contribution in [0.1, 0.15) is 40.1 Å². The molecular weight excluding hydrogens is 455 g/mol. The first-order valence-corrected chi connectivity index (χ1v) is 11.8. The summed E-state index contributed by atoms with van der Waals surface area (Å²) in [5.74, 6) is -1.21. The number of hydrogen-bond donors (Lipinski definition) is 1. The number of aromatic nitrogens is 2. The van der Waals surface area contributed by atoms with Crippen molar-refractivity contribution >= 4 is 17.5 Å². The fourth-order valence-electron chi connectivity index (χ4n) is 3.95. The zero-order valence-electron chi connectivity index (χ0n) is 20.0. The average molecular weight is 483 g/mol. The van der Waals surface area contributed by atoms with E-state index in [4.69, 9.17) is 0 Å². The normalized spacial score (nSPS) is 11.5. The topological polar surface area (TPSA) is 75.2 Å². The van der Waals surface area contributed by atoms with Gasteiger partial charge in [-0.25, -0.2) is 9.37 Å². The van der Waals surface area contributed by atoms with Crippen molar-refractivity contribution in [2.75, 3.05) is 11.9 Å². The lowest BCUT2D eigenvalue weighted by molar-refractivity contribution is -0.120. The van der Waals surface area contributed by atoms with E-state index >= 15 is 0 Å². The summed E-state index contributed by atoms with van der Waals surface area (Å²) in [4.78, 5) is 37.2. The molecule has 6 nitrogen and oxygen atoms in total. The fraction of sp³-hybridized carbons (Fsp3) is 0.172. The van der Waals surface area contributed by atoms with Crippen molar-refractivity contribution in [2.45, 2.75) is 25.8 Å². The van der Waals surface area contributed by atoms with E-state index in [1.165, 1.54) is 47.8 Å². The highest BCUT2D eigenvalue weighted by Crippen LogP contribution is 2.26. The van der Waals surface area contributed by atoms with Gasteiger partial charge < -0.3 is 10.2 Å². The van der Waals surface area contributed by atoms with Crippen LogP contribution in [0.3, 0.4) is 0 Å². The van der Waals surface area contributed by atoms with Crippen molar-refractivity contribution in [3.8, 4) is 0 Å². The summed E-state index contributed by atoms with van der Waals surface area (Å²) in [5.41, 5.74) is 3.40. The molecule has 0 aliphatic rings. The first kappa shape index (κ1) is 24.7. The molecule has 0 bridgehead atoms. The number of amides is 2. The molecular formula is C29H27FN4O2. The van der Waals surface area contributed by atoms with Crippen LogP contribution in [0, 0.1) is 5.82 Å². The Balaban J connectivity index is 1.73. The highest BCUT2D eigenvalue weighted by atomic mass is 19.1. The van der Waals surface area contributed by atoms with Crippen LogP contribution in [0.2, 0.25) is 0 Å². The summed E-state index contributed by atoms with van der Waals surface area (Å²) in [6, 6.07) is 22.0. The Morgan fingerprint density at radius 3 is 2.28 bits per heavy atom. The third-order valence-electron chi connectivity index (χ3n) is 5.90. The Morgan fingerprint density at radius 2 is 1.64 bits per heavy atom. The summed E-state index contributed by atoms with van der Waals surface area (Å²) in [5, 5.41) is 2.85. The number of carbonyl (C=O) groups is 2. The molecule has 2 amide bonds. The number of anilines is 1. The Labute approximate surface area is 209 Å². The predicted molar refractivity (Wildman–Crippen MR) is 137 cm³/mol. The molecule has 4 rings (SSSR count). The van der Waals surface area contributed by atoms with Gasteiger partial charge in [-0.2, -0.15) is 0 Å². The Hall–Kier alpha value is -4.39. The summed E-state index contributed by atoms with van der Waals surface area (Å²) >= 11 is 0. The molecule has 1 heterocycles. The molecule has 3 aromatic carbocycles. The van der Waals surface area contributed by atoms with Gasteiger partial charge in [0, 0.05) is 24.6 Å². The van der Waals surface area contributed by atoms with E-state index in [-0.39, 0.29) is 12.2 Å². The van der Waals surface area contributed by atoms with E-state index in [9.17, 15) is 14.0 Å². The van der Waals surface area contributed by atoms with Gasteiger partial charge in [0.15, 0.2) is 0 Å². The summed E-state index contributed by atoms with van der Waals surface area (Å²) in [6.45, 7) is 2.33. The van der Waals surface area contributed by atoms with Crippen LogP contribution in [0.25, 0.3) is 0 Å². The second-order valence-corrected chi connectivity index (χ2v) is 8.32. The zero-order chi connectivity index (χ0) is 25.3. The van der Waals surface area contributed by atoms with Crippen LogP contribution in [-0.2, 0) is 17.6 Å². The molecule has 0 aliphatic heterocycles. The maximum atomic E-state index is 13.7. The number of halogens is 1. The van der Waals surface area contributed by atoms with Gasteiger partial charge in [-0.1, -0.05) is 61.5 Å². The summed E-state index contributed by atoms with van der Waals surface area (Å²) in [6.07, 6.45) is 5.73. The van der Waals surface area contributed by atoms with Gasteiger partial charge in [-0.15, -0.1) is 0 Å². The smallest absolute Gasteiger partial charge is 0.275 e. The Bertz CT molecular complexity index is 1280. The van der Waals surface area contributed by atoms with Gasteiger partial charge in [0.05, 0.1) is 6.20 Å². The minimum atomic E-state index is -0.945. The quantitative estimate of drug-likeness (QED) is 0.354. The Kier molecular flexibility index (Phi) is 8.13. The largest absolute Gasteiger partial charge is 0.324 e.